The van der Waals surface area contributed by atoms with Gasteiger partial charge >= 0.3 is 0 Å². The molecule has 2 aliphatic carbocycles. The van der Waals surface area contributed by atoms with Gasteiger partial charge in [0, 0.05) is 32.9 Å². The fourth-order valence-electron chi connectivity index (χ4n) is 8.47. The molecule has 0 atom stereocenters. The molecule has 6 aromatic carbocycles. The Morgan fingerprint density at radius 2 is 0.980 bits per heavy atom. The first-order chi connectivity index (χ1) is 24.3. The number of hydrogen-bond donors (Lipinski definition) is 0. The van der Waals surface area contributed by atoms with Gasteiger partial charge in [-0.25, -0.2) is 15.0 Å². The van der Waals surface area contributed by atoms with Gasteiger partial charge in [-0.15, -0.1) is 0 Å². The van der Waals surface area contributed by atoms with Gasteiger partial charge in [0.1, 0.15) is 11.2 Å². The maximum Gasteiger partial charge on any atom is 0.167 e. The third-order valence-electron chi connectivity index (χ3n) is 10.8. The molecule has 8 aromatic rings. The standard InChI is InChI=1S/C45H33N3O/c1-4-14-29(15-5-1)32-19-12-20-35-36-21-13-22-37(41(36)49-40(32)35)44-47-42(30-16-6-2-7-17-30)46-43(48-44)31-24-25-34-33-18-8-9-23-38(33)45(39(34)28-31)26-10-3-11-27-45/h1-2,4-9,12-25,28H,3,10-11,26-27H2. The molecule has 0 amide bonds. The van der Waals surface area contributed by atoms with Gasteiger partial charge in [-0.2, -0.15) is 0 Å². The molecule has 1 saturated carbocycles. The van der Waals surface area contributed by atoms with E-state index in [1.165, 1.54) is 54.4 Å². The summed E-state index contributed by atoms with van der Waals surface area (Å²) in [4.78, 5) is 15.5. The van der Waals surface area contributed by atoms with Crippen LogP contribution in [0.15, 0.2) is 144 Å². The van der Waals surface area contributed by atoms with Crippen LogP contribution < -0.4 is 0 Å². The first-order valence-corrected chi connectivity index (χ1v) is 17.3. The molecule has 0 bridgehead atoms. The van der Waals surface area contributed by atoms with Crippen molar-refractivity contribution in [3.05, 3.63) is 151 Å². The molecule has 4 nitrogen and oxygen atoms in total. The van der Waals surface area contributed by atoms with E-state index in [1.54, 1.807) is 0 Å². The summed E-state index contributed by atoms with van der Waals surface area (Å²) in [5, 5.41) is 2.12. The summed E-state index contributed by atoms with van der Waals surface area (Å²) in [6, 6.07) is 49.1. The van der Waals surface area contributed by atoms with Gasteiger partial charge in [-0.3, -0.25) is 0 Å². The maximum absolute atomic E-state index is 6.79. The van der Waals surface area contributed by atoms with Crippen molar-refractivity contribution < 1.29 is 4.42 Å². The highest BCUT2D eigenvalue weighted by atomic mass is 16.3. The maximum atomic E-state index is 6.79. The molecule has 0 N–H and O–H groups in total. The van der Waals surface area contributed by atoms with Crippen molar-refractivity contribution in [1.82, 2.24) is 15.0 Å². The first kappa shape index (κ1) is 28.2. The Labute approximate surface area is 285 Å². The number of hydrogen-bond acceptors (Lipinski definition) is 4. The zero-order valence-corrected chi connectivity index (χ0v) is 27.1. The Balaban J connectivity index is 1.18. The highest BCUT2D eigenvalue weighted by Crippen LogP contribution is 2.56. The van der Waals surface area contributed by atoms with Crippen molar-refractivity contribution in [1.29, 1.82) is 0 Å². The fraction of sp³-hybridized carbons (Fsp3) is 0.133. The van der Waals surface area contributed by atoms with E-state index in [-0.39, 0.29) is 5.41 Å². The molecule has 0 unspecified atom stereocenters. The molecule has 1 spiro atoms. The molecule has 0 aliphatic heterocycles. The van der Waals surface area contributed by atoms with Crippen LogP contribution in [0, 0.1) is 0 Å². The number of para-hydroxylation sites is 2. The van der Waals surface area contributed by atoms with E-state index in [0.717, 1.165) is 49.8 Å². The Kier molecular flexibility index (Phi) is 6.38. The normalized spacial score (nSPS) is 14.7. The number of aromatic nitrogens is 3. The van der Waals surface area contributed by atoms with Crippen LogP contribution in [0.4, 0.5) is 0 Å². The van der Waals surface area contributed by atoms with Gasteiger partial charge in [-0.05, 0) is 52.8 Å². The lowest BCUT2D eigenvalue weighted by atomic mass is 9.67. The molecule has 49 heavy (non-hydrogen) atoms. The summed E-state index contributed by atoms with van der Waals surface area (Å²) in [6.45, 7) is 0. The van der Waals surface area contributed by atoms with Gasteiger partial charge in [-0.1, -0.05) is 147 Å². The van der Waals surface area contributed by atoms with Crippen LogP contribution in [0.25, 0.3) is 78.4 Å². The predicted octanol–water partition coefficient (Wildman–Crippen LogP) is 11.7. The zero-order valence-electron chi connectivity index (χ0n) is 27.1. The van der Waals surface area contributed by atoms with Gasteiger partial charge in [0.15, 0.2) is 17.5 Å². The van der Waals surface area contributed by atoms with Crippen LogP contribution >= 0.6 is 0 Å². The van der Waals surface area contributed by atoms with Crippen molar-refractivity contribution in [2.45, 2.75) is 37.5 Å². The quantitative estimate of drug-likeness (QED) is 0.194. The van der Waals surface area contributed by atoms with Crippen LogP contribution in [-0.4, -0.2) is 15.0 Å². The molecule has 234 valence electrons. The van der Waals surface area contributed by atoms with E-state index in [1.807, 2.05) is 24.3 Å². The molecule has 10 rings (SSSR count). The van der Waals surface area contributed by atoms with Gasteiger partial charge in [0.2, 0.25) is 0 Å². The number of nitrogens with zero attached hydrogens (tertiary/aromatic N) is 3. The molecule has 1 fully saturated rings. The SMILES string of the molecule is c1ccc(-c2nc(-c3ccc4c(c3)C3(CCCCC3)c3ccccc3-4)nc(-c3cccc4c3oc3c(-c5ccccc5)cccc34)n2)cc1. The summed E-state index contributed by atoms with van der Waals surface area (Å²) in [7, 11) is 0. The van der Waals surface area contributed by atoms with Crippen molar-refractivity contribution >= 4 is 21.9 Å². The summed E-state index contributed by atoms with van der Waals surface area (Å²) in [6.07, 6.45) is 6.16. The molecule has 2 aliphatic rings. The molecule has 0 saturated heterocycles. The second kappa shape index (κ2) is 11.1. The average Bonchev–Trinajstić information content (AvgIpc) is 3.69. The van der Waals surface area contributed by atoms with Crippen molar-refractivity contribution in [2.24, 2.45) is 0 Å². The molecular formula is C45H33N3O. The minimum atomic E-state index is 0.0502. The van der Waals surface area contributed by atoms with E-state index < -0.39 is 0 Å². The van der Waals surface area contributed by atoms with Crippen molar-refractivity contribution in [3.8, 4) is 56.4 Å². The number of furan rings is 1. The van der Waals surface area contributed by atoms with Crippen LogP contribution in [-0.2, 0) is 5.41 Å². The van der Waals surface area contributed by atoms with E-state index in [4.69, 9.17) is 19.4 Å². The summed E-state index contributed by atoms with van der Waals surface area (Å²) in [5.74, 6) is 1.92. The van der Waals surface area contributed by atoms with E-state index in [0.29, 0.717) is 17.5 Å². The second-order valence-corrected chi connectivity index (χ2v) is 13.5. The van der Waals surface area contributed by atoms with Crippen LogP contribution in [0.1, 0.15) is 43.2 Å². The van der Waals surface area contributed by atoms with E-state index in [2.05, 4.69) is 115 Å². The Hall–Kier alpha value is -5.87. The number of fused-ring (bicyclic) bond motifs is 8. The van der Waals surface area contributed by atoms with E-state index >= 15 is 0 Å². The topological polar surface area (TPSA) is 51.8 Å². The lowest BCUT2D eigenvalue weighted by Gasteiger charge is -2.36. The summed E-state index contributed by atoms with van der Waals surface area (Å²) in [5.41, 5.74) is 12.3. The van der Waals surface area contributed by atoms with Crippen LogP contribution in [0.5, 0.6) is 0 Å². The second-order valence-electron chi connectivity index (χ2n) is 13.5. The summed E-state index contributed by atoms with van der Waals surface area (Å²) < 4.78 is 6.79. The molecule has 0 radical (unpaired) electrons. The molecular weight excluding hydrogens is 599 g/mol. The van der Waals surface area contributed by atoms with Gasteiger partial charge in [0.05, 0.1) is 5.56 Å². The van der Waals surface area contributed by atoms with E-state index in [9.17, 15) is 0 Å². The third-order valence-corrected chi connectivity index (χ3v) is 10.8. The van der Waals surface area contributed by atoms with Crippen LogP contribution in [0.2, 0.25) is 0 Å². The van der Waals surface area contributed by atoms with Crippen molar-refractivity contribution in [3.63, 3.8) is 0 Å². The molecule has 2 heterocycles. The minimum absolute atomic E-state index is 0.0502. The minimum Gasteiger partial charge on any atom is -0.455 e. The molecule has 4 heteroatoms. The Morgan fingerprint density at radius 3 is 1.73 bits per heavy atom. The highest BCUT2D eigenvalue weighted by molar-refractivity contribution is 6.12. The lowest BCUT2D eigenvalue weighted by Crippen LogP contribution is -2.28. The first-order valence-electron chi connectivity index (χ1n) is 17.3. The number of benzene rings is 6. The monoisotopic (exact) mass is 631 g/mol. The van der Waals surface area contributed by atoms with Gasteiger partial charge in [0.25, 0.3) is 0 Å². The lowest BCUT2D eigenvalue weighted by molar-refractivity contribution is 0.353. The zero-order chi connectivity index (χ0) is 32.4. The van der Waals surface area contributed by atoms with Gasteiger partial charge < -0.3 is 4.42 Å². The third kappa shape index (κ3) is 4.40. The van der Waals surface area contributed by atoms with Crippen molar-refractivity contribution in [2.75, 3.05) is 0 Å². The van der Waals surface area contributed by atoms with Crippen LogP contribution in [0.3, 0.4) is 0 Å². The number of rotatable bonds is 4. The highest BCUT2D eigenvalue weighted by Gasteiger charge is 2.43. The predicted molar refractivity (Wildman–Crippen MR) is 198 cm³/mol. The Morgan fingerprint density at radius 1 is 0.408 bits per heavy atom. The largest absolute Gasteiger partial charge is 0.455 e. The summed E-state index contributed by atoms with van der Waals surface area (Å²) >= 11 is 0. The fourth-order valence-corrected chi connectivity index (χ4v) is 8.47. The molecule has 2 aromatic heterocycles. The smallest absolute Gasteiger partial charge is 0.167 e. The average molecular weight is 632 g/mol. The Bertz CT molecular complexity index is 2530.